The average molecular weight is 230 g/mol. The Kier molecular flexibility index (Phi) is 3.13. The fourth-order valence-electron chi connectivity index (χ4n) is 1.90. The number of aromatic nitrogens is 2. The zero-order valence-corrected chi connectivity index (χ0v) is 10.6. The minimum atomic E-state index is 0.556. The predicted octanol–water partition coefficient (Wildman–Crippen LogP) is 2.37. The molecule has 2 N–H and O–H groups in total. The van der Waals surface area contributed by atoms with E-state index in [-0.39, 0.29) is 0 Å². The molecular weight excluding hydrogens is 212 g/mol. The highest BCUT2D eigenvalue weighted by Gasteiger charge is 2.09. The van der Waals surface area contributed by atoms with Crippen LogP contribution in [0, 0.1) is 6.92 Å². The second-order valence-electron chi connectivity index (χ2n) is 4.10. The van der Waals surface area contributed by atoms with E-state index < -0.39 is 0 Å². The van der Waals surface area contributed by atoms with E-state index >= 15 is 0 Å². The highest BCUT2D eigenvalue weighted by Crippen LogP contribution is 2.22. The van der Waals surface area contributed by atoms with Gasteiger partial charge in [0.05, 0.1) is 5.52 Å². The molecular formula is C13H18N4. The molecule has 4 nitrogen and oxygen atoms in total. The van der Waals surface area contributed by atoms with Crippen molar-refractivity contribution in [2.45, 2.75) is 20.8 Å². The number of benzene rings is 1. The Morgan fingerprint density at radius 2 is 1.88 bits per heavy atom. The average Bonchev–Trinajstić information content (AvgIpc) is 2.32. The number of anilines is 2. The Hall–Kier alpha value is -1.84. The lowest BCUT2D eigenvalue weighted by Gasteiger charge is -2.19. The molecule has 17 heavy (non-hydrogen) atoms. The van der Waals surface area contributed by atoms with Gasteiger partial charge in [-0.1, -0.05) is 11.6 Å². The van der Waals surface area contributed by atoms with Gasteiger partial charge in [-0.05, 0) is 32.9 Å². The van der Waals surface area contributed by atoms with Crippen molar-refractivity contribution in [2.24, 2.45) is 0 Å². The Balaban J connectivity index is 2.59. The third-order valence-corrected chi connectivity index (χ3v) is 2.92. The molecule has 2 aromatic rings. The lowest BCUT2D eigenvalue weighted by atomic mass is 10.1. The summed E-state index contributed by atoms with van der Waals surface area (Å²) in [5.41, 5.74) is 8.07. The summed E-state index contributed by atoms with van der Waals surface area (Å²) in [5, 5.41) is 0.931. The third kappa shape index (κ3) is 2.16. The second-order valence-corrected chi connectivity index (χ2v) is 4.10. The Bertz CT molecular complexity index is 532. The van der Waals surface area contributed by atoms with Crippen LogP contribution in [0.5, 0.6) is 0 Å². The predicted molar refractivity (Wildman–Crippen MR) is 72.2 cm³/mol. The van der Waals surface area contributed by atoms with E-state index in [1.54, 1.807) is 0 Å². The van der Waals surface area contributed by atoms with Crippen LogP contribution < -0.4 is 10.6 Å². The molecule has 0 atom stereocenters. The largest absolute Gasteiger partial charge is 0.383 e. The van der Waals surface area contributed by atoms with E-state index in [1.165, 1.54) is 5.56 Å². The van der Waals surface area contributed by atoms with Gasteiger partial charge in [-0.15, -0.1) is 0 Å². The Morgan fingerprint density at radius 1 is 1.18 bits per heavy atom. The van der Waals surface area contributed by atoms with E-state index in [9.17, 15) is 0 Å². The number of rotatable bonds is 3. The fraction of sp³-hybridized carbons (Fsp3) is 0.385. The van der Waals surface area contributed by atoms with E-state index in [4.69, 9.17) is 5.73 Å². The molecule has 1 aromatic heterocycles. The van der Waals surface area contributed by atoms with Crippen LogP contribution in [0.2, 0.25) is 0 Å². The molecule has 0 aliphatic heterocycles. The molecule has 0 bridgehead atoms. The molecule has 1 heterocycles. The summed E-state index contributed by atoms with van der Waals surface area (Å²) in [4.78, 5) is 11.0. The summed E-state index contributed by atoms with van der Waals surface area (Å²) in [6.45, 7) is 7.97. The van der Waals surface area contributed by atoms with Crippen molar-refractivity contribution < 1.29 is 0 Å². The molecule has 0 fully saturated rings. The molecule has 2 rings (SSSR count). The van der Waals surface area contributed by atoms with E-state index in [1.807, 2.05) is 25.1 Å². The number of fused-ring (bicyclic) bond motifs is 1. The summed E-state index contributed by atoms with van der Waals surface area (Å²) in [7, 11) is 0. The molecule has 0 radical (unpaired) electrons. The van der Waals surface area contributed by atoms with Gasteiger partial charge < -0.3 is 10.6 Å². The SMILES string of the molecule is CCN(CC)c1nc(N)c2cc(C)ccc2n1. The highest BCUT2D eigenvalue weighted by molar-refractivity contribution is 5.89. The maximum absolute atomic E-state index is 6.00. The Labute approximate surface area is 101 Å². The topological polar surface area (TPSA) is 55.0 Å². The van der Waals surface area contributed by atoms with Crippen LogP contribution in [0.4, 0.5) is 11.8 Å². The van der Waals surface area contributed by atoms with Gasteiger partial charge in [0.2, 0.25) is 5.95 Å². The van der Waals surface area contributed by atoms with Gasteiger partial charge >= 0.3 is 0 Å². The minimum Gasteiger partial charge on any atom is -0.383 e. The first-order valence-corrected chi connectivity index (χ1v) is 5.94. The lowest BCUT2D eigenvalue weighted by Crippen LogP contribution is -2.24. The summed E-state index contributed by atoms with van der Waals surface area (Å²) >= 11 is 0. The van der Waals surface area contributed by atoms with Crippen LogP contribution in [0.3, 0.4) is 0 Å². The number of hydrogen-bond donors (Lipinski definition) is 1. The fourth-order valence-corrected chi connectivity index (χ4v) is 1.90. The van der Waals surface area contributed by atoms with Gasteiger partial charge in [0, 0.05) is 18.5 Å². The Morgan fingerprint density at radius 3 is 2.53 bits per heavy atom. The van der Waals surface area contributed by atoms with Gasteiger partial charge in [0.25, 0.3) is 0 Å². The molecule has 0 unspecified atom stereocenters. The van der Waals surface area contributed by atoms with Crippen molar-refractivity contribution in [3.05, 3.63) is 23.8 Å². The van der Waals surface area contributed by atoms with E-state index in [0.717, 1.165) is 24.0 Å². The number of nitrogens with two attached hydrogens (primary N) is 1. The van der Waals surface area contributed by atoms with Crippen molar-refractivity contribution in [3.63, 3.8) is 0 Å². The first kappa shape index (κ1) is 11.6. The van der Waals surface area contributed by atoms with Gasteiger partial charge in [-0.2, -0.15) is 4.98 Å². The standard InChI is InChI=1S/C13H18N4/c1-4-17(5-2)13-15-11-7-6-9(3)8-10(11)12(14)16-13/h6-8H,4-5H2,1-3H3,(H2,14,15,16). The van der Waals surface area contributed by atoms with Crippen LogP contribution in [0.15, 0.2) is 18.2 Å². The maximum Gasteiger partial charge on any atom is 0.227 e. The third-order valence-electron chi connectivity index (χ3n) is 2.92. The zero-order valence-electron chi connectivity index (χ0n) is 10.6. The summed E-state index contributed by atoms with van der Waals surface area (Å²) in [5.74, 6) is 1.27. The summed E-state index contributed by atoms with van der Waals surface area (Å²) in [6.07, 6.45) is 0. The van der Waals surface area contributed by atoms with E-state index in [0.29, 0.717) is 11.8 Å². The van der Waals surface area contributed by atoms with Crippen molar-refractivity contribution in [1.29, 1.82) is 0 Å². The summed E-state index contributed by atoms with van der Waals surface area (Å²) < 4.78 is 0. The van der Waals surface area contributed by atoms with Crippen molar-refractivity contribution >= 4 is 22.7 Å². The highest BCUT2D eigenvalue weighted by atomic mass is 15.2. The molecule has 4 heteroatoms. The number of nitrogen functional groups attached to an aromatic ring is 1. The molecule has 0 saturated heterocycles. The minimum absolute atomic E-state index is 0.556. The molecule has 0 spiro atoms. The number of hydrogen-bond acceptors (Lipinski definition) is 4. The molecule has 1 aromatic carbocycles. The first-order chi connectivity index (χ1) is 8.15. The van der Waals surface area contributed by atoms with Crippen LogP contribution in [-0.2, 0) is 0 Å². The van der Waals surface area contributed by atoms with Crippen LogP contribution in [0.25, 0.3) is 10.9 Å². The zero-order chi connectivity index (χ0) is 12.4. The lowest BCUT2D eigenvalue weighted by molar-refractivity contribution is 0.827. The van der Waals surface area contributed by atoms with Crippen LogP contribution in [-0.4, -0.2) is 23.1 Å². The van der Waals surface area contributed by atoms with Crippen molar-refractivity contribution in [3.8, 4) is 0 Å². The van der Waals surface area contributed by atoms with Crippen LogP contribution in [0.1, 0.15) is 19.4 Å². The molecule has 0 amide bonds. The first-order valence-electron chi connectivity index (χ1n) is 5.94. The quantitative estimate of drug-likeness (QED) is 0.879. The van der Waals surface area contributed by atoms with Gasteiger partial charge in [-0.25, -0.2) is 4.98 Å². The van der Waals surface area contributed by atoms with Gasteiger partial charge in [0.1, 0.15) is 5.82 Å². The van der Waals surface area contributed by atoms with E-state index in [2.05, 4.69) is 28.7 Å². The molecule has 0 saturated carbocycles. The second kappa shape index (κ2) is 4.57. The van der Waals surface area contributed by atoms with Gasteiger partial charge in [-0.3, -0.25) is 0 Å². The number of aryl methyl sites for hydroxylation is 1. The maximum atomic E-state index is 6.00. The molecule has 0 aliphatic carbocycles. The molecule has 0 aliphatic rings. The summed E-state index contributed by atoms with van der Waals surface area (Å²) in [6, 6.07) is 6.06. The monoisotopic (exact) mass is 230 g/mol. The van der Waals surface area contributed by atoms with Gasteiger partial charge in [0.15, 0.2) is 0 Å². The van der Waals surface area contributed by atoms with Crippen molar-refractivity contribution in [2.75, 3.05) is 23.7 Å². The smallest absolute Gasteiger partial charge is 0.227 e. The van der Waals surface area contributed by atoms with Crippen LogP contribution >= 0.6 is 0 Å². The number of nitrogens with zero attached hydrogens (tertiary/aromatic N) is 3. The van der Waals surface area contributed by atoms with Crippen molar-refractivity contribution in [1.82, 2.24) is 9.97 Å². The normalized spacial score (nSPS) is 10.8. The molecule has 90 valence electrons.